The van der Waals surface area contributed by atoms with E-state index < -0.39 is 0 Å². The number of carbonyl (C=O) groups is 1. The molecular weight excluding hydrogens is 360 g/mol. The lowest BCUT2D eigenvalue weighted by atomic mass is 10.2. The maximum absolute atomic E-state index is 12.7. The van der Waals surface area contributed by atoms with Crippen LogP contribution in [-0.4, -0.2) is 47.2 Å². The van der Waals surface area contributed by atoms with Crippen LogP contribution in [0.5, 0.6) is 0 Å². The van der Waals surface area contributed by atoms with Crippen molar-refractivity contribution in [1.29, 1.82) is 0 Å². The highest BCUT2D eigenvalue weighted by molar-refractivity contribution is 6.08. The molecule has 0 aliphatic rings. The lowest BCUT2D eigenvalue weighted by molar-refractivity contribution is 0.102. The Balaban J connectivity index is 1.67. The minimum Gasteiger partial charge on any atom is -0.362 e. The molecule has 0 aliphatic carbocycles. The molecule has 0 radical (unpaired) electrons. The number of nitrogens with one attached hydrogen (secondary N) is 1. The average molecular weight is 380 g/mol. The smallest absolute Gasteiger partial charge is 0.261 e. The van der Waals surface area contributed by atoms with Crippen molar-refractivity contribution in [1.82, 2.24) is 34.2 Å². The van der Waals surface area contributed by atoms with Crippen LogP contribution in [0.15, 0.2) is 37.1 Å². The lowest BCUT2D eigenvalue weighted by Crippen LogP contribution is -2.11. The van der Waals surface area contributed by atoms with Crippen LogP contribution >= 0.6 is 0 Å². The van der Waals surface area contributed by atoms with Gasteiger partial charge in [0, 0.05) is 31.6 Å². The predicted octanol–water partition coefficient (Wildman–Crippen LogP) is 1.97. The van der Waals surface area contributed by atoms with Crippen LogP contribution in [0.4, 0.5) is 5.69 Å². The van der Waals surface area contributed by atoms with Gasteiger partial charge in [0.2, 0.25) is 0 Å². The van der Waals surface area contributed by atoms with E-state index in [4.69, 9.17) is 4.74 Å². The quantitative estimate of drug-likeness (QED) is 0.548. The molecular formula is C18H20N8O2. The number of aromatic nitrogens is 7. The molecule has 4 heterocycles. The Labute approximate surface area is 160 Å². The minimum absolute atomic E-state index is 0.308. The predicted molar refractivity (Wildman–Crippen MR) is 102 cm³/mol. The molecule has 28 heavy (non-hydrogen) atoms. The third kappa shape index (κ3) is 3.14. The first-order valence-corrected chi connectivity index (χ1v) is 8.80. The van der Waals surface area contributed by atoms with Gasteiger partial charge in [-0.15, -0.1) is 0 Å². The highest BCUT2D eigenvalue weighted by atomic mass is 16.5. The minimum atomic E-state index is -0.308. The molecule has 4 aromatic rings. The fourth-order valence-electron chi connectivity index (χ4n) is 3.02. The Kier molecular flexibility index (Phi) is 4.62. The third-order valence-electron chi connectivity index (χ3n) is 4.34. The average Bonchev–Trinajstić information content (AvgIpc) is 3.40. The molecule has 1 amide bonds. The van der Waals surface area contributed by atoms with Crippen LogP contribution in [0, 0.1) is 6.92 Å². The number of ether oxygens (including phenoxy) is 1. The number of nitrogens with zero attached hydrogens (tertiary/aromatic N) is 7. The van der Waals surface area contributed by atoms with Gasteiger partial charge in [-0.1, -0.05) is 0 Å². The molecule has 0 aliphatic heterocycles. The van der Waals surface area contributed by atoms with Crippen LogP contribution in [0.2, 0.25) is 0 Å². The van der Waals surface area contributed by atoms with E-state index in [9.17, 15) is 4.79 Å². The van der Waals surface area contributed by atoms with Gasteiger partial charge in [-0.05, 0) is 19.9 Å². The SMILES string of the molecule is CCn1cc(-c2ccnc3c(C(=O)Nc4cnn(COC)c4)cnn23)c(C)n1. The number of methoxy groups -OCH3 is 1. The van der Waals surface area contributed by atoms with Gasteiger partial charge in [-0.25, -0.2) is 14.2 Å². The number of fused-ring (bicyclic) bond motifs is 1. The van der Waals surface area contributed by atoms with E-state index in [-0.39, 0.29) is 5.91 Å². The van der Waals surface area contributed by atoms with Crippen molar-refractivity contribution >= 4 is 17.2 Å². The third-order valence-corrected chi connectivity index (χ3v) is 4.34. The topological polar surface area (TPSA) is 104 Å². The monoisotopic (exact) mass is 380 g/mol. The van der Waals surface area contributed by atoms with Gasteiger partial charge in [0.25, 0.3) is 5.91 Å². The summed E-state index contributed by atoms with van der Waals surface area (Å²) in [5, 5.41) is 15.8. The first-order valence-electron chi connectivity index (χ1n) is 8.80. The van der Waals surface area contributed by atoms with Gasteiger partial charge < -0.3 is 10.1 Å². The van der Waals surface area contributed by atoms with Crippen molar-refractivity contribution in [2.24, 2.45) is 0 Å². The second kappa shape index (κ2) is 7.24. The number of carbonyl (C=O) groups excluding carboxylic acids is 1. The summed E-state index contributed by atoms with van der Waals surface area (Å²) < 4.78 is 10.1. The van der Waals surface area contributed by atoms with Gasteiger partial charge in [-0.3, -0.25) is 9.48 Å². The van der Waals surface area contributed by atoms with E-state index in [1.54, 1.807) is 34.9 Å². The second-order valence-electron chi connectivity index (χ2n) is 6.25. The summed E-state index contributed by atoms with van der Waals surface area (Å²) in [5.74, 6) is -0.308. The summed E-state index contributed by atoms with van der Waals surface area (Å²) in [5.41, 5.74) is 4.09. The fourth-order valence-corrected chi connectivity index (χ4v) is 3.02. The first-order chi connectivity index (χ1) is 13.6. The number of aryl methyl sites for hydroxylation is 2. The van der Waals surface area contributed by atoms with E-state index >= 15 is 0 Å². The molecule has 0 aromatic carbocycles. The van der Waals surface area contributed by atoms with Crippen molar-refractivity contribution in [2.75, 3.05) is 12.4 Å². The number of amides is 1. The van der Waals surface area contributed by atoms with E-state index in [1.165, 1.54) is 6.20 Å². The number of hydrogen-bond donors (Lipinski definition) is 1. The highest BCUT2D eigenvalue weighted by Crippen LogP contribution is 2.24. The second-order valence-corrected chi connectivity index (χ2v) is 6.25. The summed E-state index contributed by atoms with van der Waals surface area (Å²) in [6.45, 7) is 5.06. The van der Waals surface area contributed by atoms with Gasteiger partial charge >= 0.3 is 0 Å². The van der Waals surface area contributed by atoms with Crippen LogP contribution in [0.25, 0.3) is 16.9 Å². The Morgan fingerprint density at radius 2 is 2.07 bits per heavy atom. The summed E-state index contributed by atoms with van der Waals surface area (Å²) in [4.78, 5) is 17.1. The zero-order chi connectivity index (χ0) is 19.7. The summed E-state index contributed by atoms with van der Waals surface area (Å²) in [6.07, 6.45) is 8.40. The Morgan fingerprint density at radius 1 is 1.21 bits per heavy atom. The Hall–Kier alpha value is -3.53. The largest absolute Gasteiger partial charge is 0.362 e. The fraction of sp³-hybridized carbons (Fsp3) is 0.278. The van der Waals surface area contributed by atoms with Crippen molar-refractivity contribution in [3.05, 3.63) is 48.3 Å². The molecule has 0 fully saturated rings. The Bertz CT molecular complexity index is 1140. The van der Waals surface area contributed by atoms with E-state index in [1.807, 2.05) is 30.8 Å². The van der Waals surface area contributed by atoms with Gasteiger partial charge in [0.05, 0.1) is 35.7 Å². The van der Waals surface area contributed by atoms with Crippen LogP contribution in [0.3, 0.4) is 0 Å². The molecule has 4 aromatic heterocycles. The van der Waals surface area contributed by atoms with Gasteiger partial charge in [0.15, 0.2) is 5.65 Å². The molecule has 0 saturated carbocycles. The summed E-state index contributed by atoms with van der Waals surface area (Å²) in [7, 11) is 1.58. The summed E-state index contributed by atoms with van der Waals surface area (Å²) >= 11 is 0. The molecule has 0 saturated heterocycles. The molecule has 0 atom stereocenters. The zero-order valence-electron chi connectivity index (χ0n) is 15.8. The van der Waals surface area contributed by atoms with Crippen molar-refractivity contribution in [3.63, 3.8) is 0 Å². The highest BCUT2D eigenvalue weighted by Gasteiger charge is 2.18. The molecule has 0 unspecified atom stereocenters. The van der Waals surface area contributed by atoms with Gasteiger partial charge in [-0.2, -0.15) is 15.3 Å². The first kappa shape index (κ1) is 17.9. The normalized spacial score (nSPS) is 11.2. The Morgan fingerprint density at radius 3 is 2.82 bits per heavy atom. The standard InChI is InChI=1S/C18H20N8O2/c1-4-24-10-15(12(2)23-24)16-5-6-19-17-14(8-21-26(16)17)18(27)22-13-7-20-25(9-13)11-28-3/h5-10H,4,11H2,1-3H3,(H,22,27). The van der Waals surface area contributed by atoms with Crippen molar-refractivity contribution in [2.45, 2.75) is 27.1 Å². The van der Waals surface area contributed by atoms with Gasteiger partial charge in [0.1, 0.15) is 12.3 Å². The molecule has 0 bridgehead atoms. The van der Waals surface area contributed by atoms with Crippen LogP contribution in [-0.2, 0) is 18.0 Å². The van der Waals surface area contributed by atoms with Crippen LogP contribution < -0.4 is 5.32 Å². The molecule has 10 nitrogen and oxygen atoms in total. The maximum Gasteiger partial charge on any atom is 0.261 e. The van der Waals surface area contributed by atoms with E-state index in [0.29, 0.717) is 23.6 Å². The molecule has 0 spiro atoms. The van der Waals surface area contributed by atoms with Crippen molar-refractivity contribution in [3.8, 4) is 11.3 Å². The number of anilines is 1. The maximum atomic E-state index is 12.7. The van der Waals surface area contributed by atoms with Crippen molar-refractivity contribution < 1.29 is 9.53 Å². The van der Waals surface area contributed by atoms with E-state index in [0.717, 1.165) is 23.5 Å². The number of hydrogen-bond acceptors (Lipinski definition) is 6. The lowest BCUT2D eigenvalue weighted by Gasteiger charge is -2.04. The number of rotatable bonds is 6. The van der Waals surface area contributed by atoms with E-state index in [2.05, 4.69) is 25.6 Å². The molecule has 144 valence electrons. The molecule has 4 rings (SSSR count). The summed E-state index contributed by atoms with van der Waals surface area (Å²) in [6, 6.07) is 1.86. The van der Waals surface area contributed by atoms with Crippen LogP contribution in [0.1, 0.15) is 23.0 Å². The zero-order valence-corrected chi connectivity index (χ0v) is 15.8. The molecule has 10 heteroatoms. The molecule has 1 N–H and O–H groups in total.